The third kappa shape index (κ3) is 2.44. The summed E-state index contributed by atoms with van der Waals surface area (Å²) in [5, 5.41) is 16.4. The maximum absolute atomic E-state index is 12.3. The second-order valence-electron chi connectivity index (χ2n) is 5.44. The largest absolute Gasteiger partial charge is 0.331 e. The molecule has 21 heavy (non-hydrogen) atoms. The fraction of sp³-hybridized carbons (Fsp3) is 0.500. The van der Waals surface area contributed by atoms with Crippen LogP contribution in [0.5, 0.6) is 0 Å². The van der Waals surface area contributed by atoms with Crippen LogP contribution >= 0.6 is 0 Å². The van der Waals surface area contributed by atoms with Gasteiger partial charge in [-0.15, -0.1) is 5.10 Å². The van der Waals surface area contributed by atoms with E-state index in [9.17, 15) is 10.1 Å². The van der Waals surface area contributed by atoms with Crippen LogP contribution in [0.25, 0.3) is 5.78 Å². The van der Waals surface area contributed by atoms with E-state index in [0.717, 1.165) is 25.0 Å². The first-order valence-electron chi connectivity index (χ1n) is 7.06. The zero-order valence-corrected chi connectivity index (χ0v) is 11.8. The van der Waals surface area contributed by atoms with Gasteiger partial charge in [-0.1, -0.05) is 19.3 Å². The van der Waals surface area contributed by atoms with Gasteiger partial charge < -0.3 is 5.32 Å². The van der Waals surface area contributed by atoms with Crippen molar-refractivity contribution in [3.63, 3.8) is 0 Å². The molecule has 0 aromatic carbocycles. The smallest absolute Gasteiger partial charge is 0.292 e. The number of fused-ring (bicyclic) bond motifs is 1. The van der Waals surface area contributed by atoms with Gasteiger partial charge in [-0.3, -0.25) is 4.79 Å². The molecule has 0 atom stereocenters. The summed E-state index contributed by atoms with van der Waals surface area (Å²) in [5.41, 5.74) is 0.0640. The van der Waals surface area contributed by atoms with Gasteiger partial charge in [-0.25, -0.2) is 9.50 Å². The van der Waals surface area contributed by atoms with E-state index in [0.29, 0.717) is 18.6 Å². The van der Waals surface area contributed by atoms with E-state index in [2.05, 4.69) is 26.5 Å². The highest BCUT2D eigenvalue weighted by molar-refractivity contribution is 5.91. The SMILES string of the molecule is Cc1ccnc2nc(C(=O)NC3(C#N)CCCCC3)nn12. The fourth-order valence-electron chi connectivity index (χ4n) is 2.70. The van der Waals surface area contributed by atoms with Crippen molar-refractivity contribution in [2.45, 2.75) is 44.6 Å². The van der Waals surface area contributed by atoms with E-state index >= 15 is 0 Å². The quantitative estimate of drug-likeness (QED) is 0.899. The number of carbonyl (C=O) groups excluding carboxylic acids is 1. The lowest BCUT2D eigenvalue weighted by atomic mass is 9.83. The van der Waals surface area contributed by atoms with Gasteiger partial charge in [-0.05, 0) is 25.8 Å². The number of hydrogen-bond donors (Lipinski definition) is 1. The summed E-state index contributed by atoms with van der Waals surface area (Å²) in [4.78, 5) is 20.5. The van der Waals surface area contributed by atoms with Gasteiger partial charge in [0.2, 0.25) is 5.82 Å². The van der Waals surface area contributed by atoms with Crippen molar-refractivity contribution >= 4 is 11.7 Å². The Balaban J connectivity index is 1.87. The van der Waals surface area contributed by atoms with Crippen molar-refractivity contribution in [2.75, 3.05) is 0 Å². The summed E-state index contributed by atoms with van der Waals surface area (Å²) in [7, 11) is 0. The third-order valence-corrected chi connectivity index (χ3v) is 3.91. The first-order valence-corrected chi connectivity index (χ1v) is 7.06. The van der Waals surface area contributed by atoms with E-state index in [4.69, 9.17) is 0 Å². The Labute approximate surface area is 122 Å². The lowest BCUT2D eigenvalue weighted by molar-refractivity contribution is 0.0892. The zero-order chi connectivity index (χ0) is 14.9. The van der Waals surface area contributed by atoms with Crippen LogP contribution in [0.2, 0.25) is 0 Å². The highest BCUT2D eigenvalue weighted by atomic mass is 16.2. The standard InChI is InChI=1S/C14H16N6O/c1-10-5-8-16-13-17-11(19-20(10)13)12(21)18-14(9-15)6-3-2-4-7-14/h5,8H,2-4,6-7H2,1H3,(H,18,21). The number of aromatic nitrogens is 4. The second kappa shape index (κ2) is 5.13. The minimum atomic E-state index is -0.782. The Morgan fingerprint density at radius 3 is 2.86 bits per heavy atom. The summed E-state index contributed by atoms with van der Waals surface area (Å²) in [5.74, 6) is 0.0233. The Bertz CT molecular complexity index is 723. The fourth-order valence-corrected chi connectivity index (χ4v) is 2.70. The molecule has 0 aliphatic heterocycles. The number of hydrogen-bond acceptors (Lipinski definition) is 5. The summed E-state index contributed by atoms with van der Waals surface area (Å²) in [6.07, 6.45) is 5.99. The molecule has 2 aromatic heterocycles. The monoisotopic (exact) mass is 284 g/mol. The summed E-state index contributed by atoms with van der Waals surface area (Å²) in [6, 6.07) is 4.05. The van der Waals surface area contributed by atoms with Crippen molar-refractivity contribution < 1.29 is 4.79 Å². The first kappa shape index (κ1) is 13.5. The normalized spacial score (nSPS) is 17.3. The van der Waals surface area contributed by atoms with E-state index in [1.165, 1.54) is 4.52 Å². The molecule has 0 saturated heterocycles. The van der Waals surface area contributed by atoms with Crippen LogP contribution in [-0.4, -0.2) is 31.0 Å². The van der Waals surface area contributed by atoms with Crippen LogP contribution < -0.4 is 5.32 Å². The van der Waals surface area contributed by atoms with Crippen molar-refractivity contribution in [1.82, 2.24) is 24.9 Å². The van der Waals surface area contributed by atoms with Crippen LogP contribution in [0.4, 0.5) is 0 Å². The lowest BCUT2D eigenvalue weighted by Crippen LogP contribution is -2.48. The Kier molecular flexibility index (Phi) is 3.29. The Morgan fingerprint density at radius 1 is 1.43 bits per heavy atom. The van der Waals surface area contributed by atoms with Crippen LogP contribution in [0.15, 0.2) is 12.3 Å². The predicted octanol–water partition coefficient (Wildman–Crippen LogP) is 1.39. The van der Waals surface area contributed by atoms with Crippen LogP contribution in [0.3, 0.4) is 0 Å². The van der Waals surface area contributed by atoms with Gasteiger partial charge in [-0.2, -0.15) is 10.2 Å². The molecule has 7 heteroatoms. The number of amides is 1. The molecule has 1 saturated carbocycles. The summed E-state index contributed by atoms with van der Waals surface area (Å²) < 4.78 is 1.52. The number of aryl methyl sites for hydroxylation is 1. The van der Waals surface area contributed by atoms with Gasteiger partial charge in [0, 0.05) is 11.9 Å². The minimum Gasteiger partial charge on any atom is -0.331 e. The summed E-state index contributed by atoms with van der Waals surface area (Å²) in [6.45, 7) is 1.86. The van der Waals surface area contributed by atoms with E-state index in [-0.39, 0.29) is 5.82 Å². The second-order valence-corrected chi connectivity index (χ2v) is 5.44. The number of nitrogens with zero attached hydrogens (tertiary/aromatic N) is 5. The lowest BCUT2D eigenvalue weighted by Gasteiger charge is -2.30. The molecule has 3 rings (SSSR count). The maximum Gasteiger partial charge on any atom is 0.292 e. The topological polar surface area (TPSA) is 96.0 Å². The molecule has 1 aliphatic carbocycles. The molecule has 0 radical (unpaired) electrons. The summed E-state index contributed by atoms with van der Waals surface area (Å²) >= 11 is 0. The average molecular weight is 284 g/mol. The van der Waals surface area contributed by atoms with Crippen LogP contribution in [0, 0.1) is 18.3 Å². The van der Waals surface area contributed by atoms with E-state index in [1.54, 1.807) is 12.3 Å². The molecule has 1 N–H and O–H groups in total. The molecular formula is C14H16N6O. The number of carbonyl (C=O) groups is 1. The molecule has 0 spiro atoms. The van der Waals surface area contributed by atoms with Crippen LogP contribution in [0.1, 0.15) is 48.4 Å². The van der Waals surface area contributed by atoms with Gasteiger partial charge in [0.15, 0.2) is 0 Å². The maximum atomic E-state index is 12.3. The molecule has 7 nitrogen and oxygen atoms in total. The molecule has 108 valence electrons. The zero-order valence-electron chi connectivity index (χ0n) is 11.8. The number of nitriles is 1. The van der Waals surface area contributed by atoms with Gasteiger partial charge in [0.25, 0.3) is 11.7 Å². The van der Waals surface area contributed by atoms with Crippen molar-refractivity contribution in [3.8, 4) is 6.07 Å². The van der Waals surface area contributed by atoms with Crippen molar-refractivity contribution in [3.05, 3.63) is 23.8 Å². The molecular weight excluding hydrogens is 268 g/mol. The highest BCUT2D eigenvalue weighted by Crippen LogP contribution is 2.27. The third-order valence-electron chi connectivity index (χ3n) is 3.91. The van der Waals surface area contributed by atoms with Crippen molar-refractivity contribution in [1.29, 1.82) is 5.26 Å². The Hall–Kier alpha value is -2.49. The van der Waals surface area contributed by atoms with Gasteiger partial charge >= 0.3 is 0 Å². The van der Waals surface area contributed by atoms with Crippen molar-refractivity contribution in [2.24, 2.45) is 0 Å². The minimum absolute atomic E-state index is 0.0528. The van der Waals surface area contributed by atoms with Gasteiger partial charge in [0.05, 0.1) is 6.07 Å². The molecule has 2 heterocycles. The number of rotatable bonds is 2. The molecule has 0 unspecified atom stereocenters. The van der Waals surface area contributed by atoms with E-state index in [1.807, 2.05) is 6.92 Å². The molecule has 1 aliphatic rings. The highest BCUT2D eigenvalue weighted by Gasteiger charge is 2.34. The predicted molar refractivity (Wildman–Crippen MR) is 74.4 cm³/mol. The molecule has 0 bridgehead atoms. The Morgan fingerprint density at radius 2 is 2.19 bits per heavy atom. The first-order chi connectivity index (χ1) is 10.1. The molecule has 1 fully saturated rings. The molecule has 2 aromatic rings. The average Bonchev–Trinajstić information content (AvgIpc) is 2.94. The molecule has 1 amide bonds. The number of nitrogens with one attached hydrogen (secondary N) is 1. The van der Waals surface area contributed by atoms with Crippen LogP contribution in [-0.2, 0) is 0 Å². The van der Waals surface area contributed by atoms with Gasteiger partial charge in [0.1, 0.15) is 5.54 Å². The van der Waals surface area contributed by atoms with E-state index < -0.39 is 11.4 Å².